The van der Waals surface area contributed by atoms with E-state index in [4.69, 9.17) is 4.74 Å². The van der Waals surface area contributed by atoms with E-state index in [2.05, 4.69) is 26.7 Å². The van der Waals surface area contributed by atoms with Crippen LogP contribution in [0, 0.1) is 5.92 Å². The van der Waals surface area contributed by atoms with E-state index in [1.165, 1.54) is 12.6 Å². The first-order valence-corrected chi connectivity index (χ1v) is 12.2. The molecule has 0 bridgehead atoms. The second-order valence-electron chi connectivity index (χ2n) is 7.40. The third kappa shape index (κ3) is 5.33. The van der Waals surface area contributed by atoms with Crippen LogP contribution >= 0.6 is 11.3 Å². The minimum absolute atomic E-state index is 0.231. The number of rotatable bonds is 7. The maximum absolute atomic E-state index is 11.7. The number of sulfonamides is 1. The Morgan fingerprint density at radius 1 is 1.14 bits per heavy atom. The summed E-state index contributed by atoms with van der Waals surface area (Å²) in [4.78, 5) is 6.88. The van der Waals surface area contributed by atoms with E-state index in [-0.39, 0.29) is 11.7 Å². The molecule has 1 aromatic heterocycles. The van der Waals surface area contributed by atoms with Crippen LogP contribution < -0.4 is 9.46 Å². The van der Waals surface area contributed by atoms with E-state index in [1.807, 2.05) is 36.4 Å². The molecule has 6 nitrogen and oxygen atoms in total. The third-order valence-electron chi connectivity index (χ3n) is 5.28. The fourth-order valence-corrected chi connectivity index (χ4v) is 5.58. The van der Waals surface area contributed by atoms with Crippen molar-refractivity contribution in [2.75, 3.05) is 25.9 Å². The Kier molecular flexibility index (Phi) is 6.15. The van der Waals surface area contributed by atoms with E-state index < -0.39 is 10.0 Å². The van der Waals surface area contributed by atoms with Crippen LogP contribution in [-0.4, -0.2) is 44.2 Å². The average Bonchev–Trinajstić information content (AvgIpc) is 3.13. The highest BCUT2D eigenvalue weighted by atomic mass is 32.2. The SMILES string of the molecule is CNS(=O)(=O)CC1CCN(Cc2ccc(Oc3nc4ccccc4s3)cc2)CC1. The normalized spacial score (nSPS) is 16.3. The standard InChI is InChI=1S/C21H25N3O3S2/c1-22-29(25,26)15-17-10-12-24(13-11-17)14-16-6-8-18(9-7-16)27-21-23-19-4-2-3-5-20(19)28-21/h2-9,17,22H,10-15H2,1H3. The summed E-state index contributed by atoms with van der Waals surface area (Å²) >= 11 is 1.54. The number of ether oxygens (including phenoxy) is 1. The topological polar surface area (TPSA) is 71.5 Å². The number of hydrogen-bond acceptors (Lipinski definition) is 6. The number of benzene rings is 2. The molecule has 1 N–H and O–H groups in total. The number of hydrogen-bond donors (Lipinski definition) is 1. The zero-order valence-electron chi connectivity index (χ0n) is 16.4. The van der Waals surface area contributed by atoms with Crippen LogP contribution in [0.5, 0.6) is 10.9 Å². The number of piperidine rings is 1. The summed E-state index contributed by atoms with van der Waals surface area (Å²) in [6, 6.07) is 16.1. The van der Waals surface area contributed by atoms with E-state index in [0.717, 1.165) is 48.4 Å². The van der Waals surface area contributed by atoms with Gasteiger partial charge in [-0.3, -0.25) is 4.90 Å². The fourth-order valence-electron chi connectivity index (χ4n) is 3.62. The number of nitrogens with one attached hydrogen (secondary N) is 1. The fraction of sp³-hybridized carbons (Fsp3) is 0.381. The Bertz CT molecular complexity index is 1020. The van der Waals surface area contributed by atoms with Gasteiger partial charge in [-0.1, -0.05) is 35.6 Å². The second-order valence-corrected chi connectivity index (χ2v) is 10.4. The molecule has 0 atom stereocenters. The quantitative estimate of drug-likeness (QED) is 0.615. The molecule has 1 aliphatic rings. The first-order chi connectivity index (χ1) is 14.0. The van der Waals surface area contributed by atoms with Crippen LogP contribution in [0.2, 0.25) is 0 Å². The highest BCUT2D eigenvalue weighted by Gasteiger charge is 2.23. The van der Waals surface area contributed by atoms with Gasteiger partial charge in [-0.05, 0) is 68.7 Å². The number of nitrogens with zero attached hydrogens (tertiary/aromatic N) is 2. The summed E-state index contributed by atoms with van der Waals surface area (Å²) in [5.74, 6) is 1.26. The number of likely N-dealkylation sites (tertiary alicyclic amines) is 1. The molecule has 3 aromatic rings. The Labute approximate surface area is 175 Å². The van der Waals surface area contributed by atoms with Gasteiger partial charge in [0.2, 0.25) is 10.0 Å². The van der Waals surface area contributed by atoms with Crippen molar-refractivity contribution in [1.29, 1.82) is 0 Å². The van der Waals surface area contributed by atoms with Gasteiger partial charge in [0.25, 0.3) is 5.19 Å². The molecule has 0 unspecified atom stereocenters. The number of para-hydroxylation sites is 1. The van der Waals surface area contributed by atoms with Crippen molar-refractivity contribution < 1.29 is 13.2 Å². The number of thiazole rings is 1. The molecular formula is C21H25N3O3S2. The zero-order chi connectivity index (χ0) is 20.3. The number of aromatic nitrogens is 1. The van der Waals surface area contributed by atoms with E-state index in [1.54, 1.807) is 11.3 Å². The minimum atomic E-state index is -3.12. The summed E-state index contributed by atoms with van der Waals surface area (Å²) in [5.41, 5.74) is 2.18. The number of fused-ring (bicyclic) bond motifs is 1. The summed E-state index contributed by atoms with van der Waals surface area (Å²) in [6.07, 6.45) is 1.83. The molecule has 29 heavy (non-hydrogen) atoms. The highest BCUT2D eigenvalue weighted by molar-refractivity contribution is 7.89. The molecule has 1 saturated heterocycles. The summed E-state index contributed by atoms with van der Waals surface area (Å²) < 4.78 is 32.9. The van der Waals surface area contributed by atoms with Gasteiger partial charge in [0.15, 0.2) is 0 Å². The average molecular weight is 432 g/mol. The molecule has 4 rings (SSSR count). The molecular weight excluding hydrogens is 406 g/mol. The van der Waals surface area contributed by atoms with E-state index in [0.29, 0.717) is 5.19 Å². The van der Waals surface area contributed by atoms with Gasteiger partial charge in [-0.2, -0.15) is 0 Å². The molecule has 2 heterocycles. The molecule has 0 radical (unpaired) electrons. The Hall–Kier alpha value is -2.00. The van der Waals surface area contributed by atoms with Gasteiger partial charge in [-0.15, -0.1) is 0 Å². The van der Waals surface area contributed by atoms with Crippen molar-refractivity contribution >= 4 is 31.6 Å². The molecule has 8 heteroatoms. The Balaban J connectivity index is 1.30. The molecule has 154 valence electrons. The molecule has 0 aliphatic carbocycles. The van der Waals surface area contributed by atoms with Crippen molar-refractivity contribution in [1.82, 2.24) is 14.6 Å². The van der Waals surface area contributed by atoms with E-state index >= 15 is 0 Å². The van der Waals surface area contributed by atoms with Crippen LogP contribution in [0.3, 0.4) is 0 Å². The van der Waals surface area contributed by atoms with E-state index in [9.17, 15) is 8.42 Å². The van der Waals surface area contributed by atoms with Gasteiger partial charge in [-0.25, -0.2) is 18.1 Å². The Morgan fingerprint density at radius 3 is 2.55 bits per heavy atom. The summed E-state index contributed by atoms with van der Waals surface area (Å²) in [7, 11) is -1.64. The lowest BCUT2D eigenvalue weighted by Crippen LogP contribution is -2.37. The van der Waals surface area contributed by atoms with Crippen LogP contribution in [0.25, 0.3) is 10.2 Å². The van der Waals surface area contributed by atoms with Crippen molar-refractivity contribution in [2.45, 2.75) is 19.4 Å². The first kappa shape index (κ1) is 20.3. The van der Waals surface area contributed by atoms with Gasteiger partial charge in [0, 0.05) is 6.54 Å². The maximum Gasteiger partial charge on any atom is 0.279 e. The van der Waals surface area contributed by atoms with Crippen LogP contribution in [0.15, 0.2) is 48.5 Å². The molecule has 2 aromatic carbocycles. The van der Waals surface area contributed by atoms with Gasteiger partial charge >= 0.3 is 0 Å². The zero-order valence-corrected chi connectivity index (χ0v) is 18.0. The lowest BCUT2D eigenvalue weighted by Gasteiger charge is -2.31. The molecule has 0 spiro atoms. The van der Waals surface area contributed by atoms with Crippen LogP contribution in [0.4, 0.5) is 0 Å². The van der Waals surface area contributed by atoms with Crippen molar-refractivity contribution in [3.63, 3.8) is 0 Å². The van der Waals surface area contributed by atoms with Gasteiger partial charge in [0.1, 0.15) is 5.75 Å². The largest absolute Gasteiger partial charge is 0.431 e. The lowest BCUT2D eigenvalue weighted by molar-refractivity contribution is 0.186. The van der Waals surface area contributed by atoms with Crippen molar-refractivity contribution in [3.05, 3.63) is 54.1 Å². The summed E-state index contributed by atoms with van der Waals surface area (Å²) in [6.45, 7) is 2.72. The van der Waals surface area contributed by atoms with Crippen LogP contribution in [-0.2, 0) is 16.6 Å². The lowest BCUT2D eigenvalue weighted by atomic mass is 9.98. The maximum atomic E-state index is 11.7. The first-order valence-electron chi connectivity index (χ1n) is 9.77. The highest BCUT2D eigenvalue weighted by Crippen LogP contribution is 2.31. The second kappa shape index (κ2) is 8.79. The van der Waals surface area contributed by atoms with Crippen LogP contribution in [0.1, 0.15) is 18.4 Å². The van der Waals surface area contributed by atoms with Gasteiger partial charge in [0.05, 0.1) is 16.0 Å². The molecule has 0 saturated carbocycles. The van der Waals surface area contributed by atoms with Crippen molar-refractivity contribution in [3.8, 4) is 10.9 Å². The minimum Gasteiger partial charge on any atom is -0.431 e. The molecule has 0 amide bonds. The van der Waals surface area contributed by atoms with Crippen molar-refractivity contribution in [2.24, 2.45) is 5.92 Å². The smallest absolute Gasteiger partial charge is 0.279 e. The molecule has 1 aliphatic heterocycles. The predicted octanol–water partition coefficient (Wildman–Crippen LogP) is 3.85. The molecule has 1 fully saturated rings. The van der Waals surface area contributed by atoms with Gasteiger partial charge < -0.3 is 4.74 Å². The monoisotopic (exact) mass is 431 g/mol. The Morgan fingerprint density at radius 2 is 1.86 bits per heavy atom. The predicted molar refractivity (Wildman–Crippen MR) is 117 cm³/mol. The summed E-state index contributed by atoms with van der Waals surface area (Å²) in [5, 5.41) is 0.651. The third-order valence-corrected chi connectivity index (χ3v) is 7.73.